The molecular formula is C31H31F5N2O6. The third kappa shape index (κ3) is 9.76. The molecule has 236 valence electrons. The van der Waals surface area contributed by atoms with E-state index in [4.69, 9.17) is 14.2 Å². The molecule has 8 nitrogen and oxygen atoms in total. The number of amides is 2. The second-order valence-electron chi connectivity index (χ2n) is 10.6. The van der Waals surface area contributed by atoms with E-state index < -0.39 is 83.3 Å². The molecule has 0 radical (unpaired) electrons. The Hall–Kier alpha value is -4.52. The molecule has 3 aromatic rings. The lowest BCUT2D eigenvalue weighted by molar-refractivity contribution is -0.151. The van der Waals surface area contributed by atoms with Crippen LogP contribution >= 0.6 is 0 Å². The number of benzene rings is 3. The third-order valence-corrected chi connectivity index (χ3v) is 5.94. The quantitative estimate of drug-likeness (QED) is 0.124. The van der Waals surface area contributed by atoms with Crippen LogP contribution in [-0.4, -0.2) is 42.3 Å². The largest absolute Gasteiger partial charge is 0.459 e. The normalized spacial score (nSPS) is 12.6. The van der Waals surface area contributed by atoms with Gasteiger partial charge in [0.25, 0.3) is 0 Å². The molecule has 2 amide bonds. The Morgan fingerprint density at radius 3 is 1.73 bits per heavy atom. The first-order valence-electron chi connectivity index (χ1n) is 13.4. The maximum atomic E-state index is 14.5. The summed E-state index contributed by atoms with van der Waals surface area (Å²) in [5.74, 6) is -13.4. The van der Waals surface area contributed by atoms with Crippen molar-refractivity contribution in [2.75, 3.05) is 6.61 Å². The molecular weight excluding hydrogens is 591 g/mol. The number of hydrogen-bond donors (Lipinski definition) is 2. The van der Waals surface area contributed by atoms with Crippen molar-refractivity contribution in [2.45, 2.75) is 58.1 Å². The fraction of sp³-hybridized carbons (Fsp3) is 0.323. The smallest absolute Gasteiger partial charge is 0.408 e. The lowest BCUT2D eigenvalue weighted by atomic mass is 10.0. The topological polar surface area (TPSA) is 103 Å². The number of hydrogen-bond acceptors (Lipinski definition) is 6. The van der Waals surface area contributed by atoms with Gasteiger partial charge in [-0.05, 0) is 31.9 Å². The summed E-state index contributed by atoms with van der Waals surface area (Å²) in [5, 5.41) is 4.37. The summed E-state index contributed by atoms with van der Waals surface area (Å²) < 4.78 is 86.5. The third-order valence-electron chi connectivity index (χ3n) is 5.94. The zero-order valence-corrected chi connectivity index (χ0v) is 24.1. The fourth-order valence-electron chi connectivity index (χ4n) is 3.83. The number of rotatable bonds is 12. The van der Waals surface area contributed by atoms with Gasteiger partial charge >= 0.3 is 12.1 Å². The first-order valence-corrected chi connectivity index (χ1v) is 13.4. The Kier molecular flexibility index (Phi) is 11.8. The second kappa shape index (κ2) is 15.3. The molecule has 3 rings (SSSR count). The van der Waals surface area contributed by atoms with Crippen molar-refractivity contribution in [3.8, 4) is 0 Å². The summed E-state index contributed by atoms with van der Waals surface area (Å²) in [5.41, 5.74) is -1.07. The second-order valence-corrected chi connectivity index (χ2v) is 10.6. The van der Waals surface area contributed by atoms with Crippen LogP contribution < -0.4 is 10.6 Å². The molecule has 0 aliphatic heterocycles. The summed E-state index contributed by atoms with van der Waals surface area (Å²) in [6, 6.07) is 13.9. The average molecular weight is 623 g/mol. The van der Waals surface area contributed by atoms with Gasteiger partial charge in [0.15, 0.2) is 29.3 Å². The fourth-order valence-corrected chi connectivity index (χ4v) is 3.83. The number of carbonyl (C=O) groups excluding carboxylic acids is 3. The van der Waals surface area contributed by atoms with E-state index in [0.29, 0.717) is 5.56 Å². The van der Waals surface area contributed by atoms with E-state index >= 15 is 0 Å². The molecule has 2 N–H and O–H groups in total. The number of halogens is 5. The van der Waals surface area contributed by atoms with Crippen LogP contribution in [0.3, 0.4) is 0 Å². The van der Waals surface area contributed by atoms with Crippen LogP contribution in [0.4, 0.5) is 26.7 Å². The molecule has 0 bridgehead atoms. The van der Waals surface area contributed by atoms with E-state index in [-0.39, 0.29) is 13.2 Å². The molecule has 0 saturated heterocycles. The molecule has 0 unspecified atom stereocenters. The summed E-state index contributed by atoms with van der Waals surface area (Å²) >= 11 is 0. The van der Waals surface area contributed by atoms with Crippen LogP contribution in [0.15, 0.2) is 60.7 Å². The minimum Gasteiger partial charge on any atom is -0.459 e. The molecule has 13 heteroatoms. The van der Waals surface area contributed by atoms with Crippen molar-refractivity contribution in [3.05, 3.63) is 106 Å². The predicted molar refractivity (Wildman–Crippen MR) is 147 cm³/mol. The van der Waals surface area contributed by atoms with Crippen LogP contribution in [0.2, 0.25) is 0 Å². The van der Waals surface area contributed by atoms with Crippen molar-refractivity contribution in [1.29, 1.82) is 0 Å². The maximum absolute atomic E-state index is 14.5. The van der Waals surface area contributed by atoms with E-state index in [1.54, 1.807) is 60.7 Å². The van der Waals surface area contributed by atoms with Crippen molar-refractivity contribution in [1.82, 2.24) is 10.6 Å². The SMILES string of the molecule is CC(C)(C)OC(=O)N[C@H](Cc1c(F)c(F)c(F)c(F)c1F)C(=O)N[C@@H](COCc1ccccc1)C(=O)OCc1ccccc1. The van der Waals surface area contributed by atoms with Crippen LogP contribution in [0.25, 0.3) is 0 Å². The molecule has 0 saturated carbocycles. The zero-order valence-electron chi connectivity index (χ0n) is 24.1. The van der Waals surface area contributed by atoms with E-state index in [2.05, 4.69) is 10.6 Å². The van der Waals surface area contributed by atoms with E-state index in [0.717, 1.165) is 5.56 Å². The van der Waals surface area contributed by atoms with Crippen molar-refractivity contribution in [3.63, 3.8) is 0 Å². The molecule has 44 heavy (non-hydrogen) atoms. The van der Waals surface area contributed by atoms with Crippen LogP contribution in [0.1, 0.15) is 37.5 Å². The van der Waals surface area contributed by atoms with Crippen LogP contribution in [0.5, 0.6) is 0 Å². The summed E-state index contributed by atoms with van der Waals surface area (Å²) in [6.45, 7) is 3.91. The van der Waals surface area contributed by atoms with Gasteiger partial charge in [0.05, 0.1) is 13.2 Å². The highest BCUT2D eigenvalue weighted by Gasteiger charge is 2.33. The number of alkyl carbamates (subject to hydrolysis) is 1. The molecule has 0 aliphatic carbocycles. The maximum Gasteiger partial charge on any atom is 0.408 e. The summed E-state index contributed by atoms with van der Waals surface area (Å²) in [6.07, 6.45) is -2.42. The lowest BCUT2D eigenvalue weighted by Gasteiger charge is -2.25. The highest BCUT2D eigenvalue weighted by Crippen LogP contribution is 2.24. The van der Waals surface area contributed by atoms with E-state index in [1.807, 2.05) is 0 Å². The van der Waals surface area contributed by atoms with Gasteiger partial charge < -0.3 is 24.8 Å². The molecule has 0 fully saturated rings. The monoisotopic (exact) mass is 622 g/mol. The minimum absolute atomic E-state index is 0.0311. The Bertz CT molecular complexity index is 1420. The van der Waals surface area contributed by atoms with Crippen molar-refractivity contribution >= 4 is 18.0 Å². The number of ether oxygens (including phenoxy) is 3. The van der Waals surface area contributed by atoms with Gasteiger partial charge in [0, 0.05) is 12.0 Å². The Balaban J connectivity index is 1.86. The molecule has 0 aromatic heterocycles. The molecule has 3 aromatic carbocycles. The van der Waals surface area contributed by atoms with Crippen LogP contribution in [0, 0.1) is 29.1 Å². The van der Waals surface area contributed by atoms with Crippen molar-refractivity contribution in [2.24, 2.45) is 0 Å². The van der Waals surface area contributed by atoms with Gasteiger partial charge in [-0.25, -0.2) is 31.5 Å². The highest BCUT2D eigenvalue weighted by molar-refractivity contribution is 5.90. The van der Waals surface area contributed by atoms with Gasteiger partial charge in [0.2, 0.25) is 11.7 Å². The first kappa shape index (κ1) is 34.0. The van der Waals surface area contributed by atoms with Gasteiger partial charge in [0.1, 0.15) is 18.2 Å². The Morgan fingerprint density at radius 2 is 1.20 bits per heavy atom. The summed E-state index contributed by atoms with van der Waals surface area (Å²) in [7, 11) is 0. The van der Waals surface area contributed by atoms with Gasteiger partial charge in [-0.3, -0.25) is 4.79 Å². The van der Waals surface area contributed by atoms with Gasteiger partial charge in [-0.1, -0.05) is 60.7 Å². The summed E-state index contributed by atoms with van der Waals surface area (Å²) in [4.78, 5) is 38.9. The van der Waals surface area contributed by atoms with Gasteiger partial charge in [-0.2, -0.15) is 0 Å². The highest BCUT2D eigenvalue weighted by atomic mass is 19.2. The van der Waals surface area contributed by atoms with Crippen molar-refractivity contribution < 1.29 is 50.5 Å². The number of esters is 1. The predicted octanol–water partition coefficient (Wildman–Crippen LogP) is 5.26. The van der Waals surface area contributed by atoms with Crippen LogP contribution in [-0.2, 0) is 43.4 Å². The average Bonchev–Trinajstić information content (AvgIpc) is 2.99. The standard InChI is InChI=1S/C31H31F5N2O6/c1-31(2,3)44-30(41)38-21(14-20-23(32)25(34)27(36)26(35)24(20)33)28(39)37-22(17-42-15-18-10-6-4-7-11-18)29(40)43-16-19-12-8-5-9-13-19/h4-13,21-22H,14-17H2,1-3H3,(H,37,39)(H,38,41)/t21-,22+/m1/s1. The minimum atomic E-state index is -2.39. The number of carbonyl (C=O) groups is 3. The molecule has 0 heterocycles. The first-order chi connectivity index (χ1) is 20.8. The number of nitrogens with one attached hydrogen (secondary N) is 2. The van der Waals surface area contributed by atoms with Gasteiger partial charge in [-0.15, -0.1) is 0 Å². The lowest BCUT2D eigenvalue weighted by Crippen LogP contribution is -2.54. The molecule has 0 aliphatic rings. The van der Waals surface area contributed by atoms with E-state index in [9.17, 15) is 36.3 Å². The molecule has 2 atom stereocenters. The molecule has 0 spiro atoms. The zero-order chi connectivity index (χ0) is 32.4. The Morgan fingerprint density at radius 1 is 0.705 bits per heavy atom. The van der Waals surface area contributed by atoms with E-state index in [1.165, 1.54) is 20.8 Å². The Labute approximate surface area is 250 Å².